The number of ether oxygens (including phenoxy) is 2. The molecule has 0 radical (unpaired) electrons. The van der Waals surface area contributed by atoms with Gasteiger partial charge in [0, 0.05) is 10.8 Å². The van der Waals surface area contributed by atoms with Gasteiger partial charge in [0.25, 0.3) is 0 Å². The van der Waals surface area contributed by atoms with Crippen LogP contribution in [0.25, 0.3) is 10.8 Å². The molecule has 0 spiro atoms. The van der Waals surface area contributed by atoms with E-state index in [1.54, 1.807) is 13.2 Å². The Morgan fingerprint density at radius 1 is 1.05 bits per heavy atom. The summed E-state index contributed by atoms with van der Waals surface area (Å²) >= 11 is 6.10. The van der Waals surface area contributed by atoms with Crippen molar-refractivity contribution >= 4 is 28.1 Å². The van der Waals surface area contributed by atoms with Gasteiger partial charge in [-0.25, -0.2) is 4.98 Å². The number of rotatable bonds is 3. The number of methoxy groups -OCH3 is 1. The van der Waals surface area contributed by atoms with Crippen molar-refractivity contribution < 1.29 is 9.47 Å². The highest BCUT2D eigenvalue weighted by Gasteiger charge is 2.10. The summed E-state index contributed by atoms with van der Waals surface area (Å²) in [4.78, 5) is 4.11. The Balaban J connectivity index is 2.09. The molecule has 5 heteroatoms. The molecule has 0 saturated heterocycles. The van der Waals surface area contributed by atoms with E-state index in [0.29, 0.717) is 22.3 Å². The van der Waals surface area contributed by atoms with Crippen LogP contribution < -0.4 is 15.2 Å². The first kappa shape index (κ1) is 13.5. The monoisotopic (exact) mass is 300 g/mol. The molecule has 3 rings (SSSR count). The van der Waals surface area contributed by atoms with E-state index in [-0.39, 0.29) is 0 Å². The summed E-state index contributed by atoms with van der Waals surface area (Å²) in [5.41, 5.74) is 6.12. The van der Waals surface area contributed by atoms with E-state index in [0.717, 1.165) is 16.5 Å². The largest absolute Gasteiger partial charge is 0.496 e. The number of nitrogen functional groups attached to an aromatic ring is 1. The zero-order chi connectivity index (χ0) is 14.8. The summed E-state index contributed by atoms with van der Waals surface area (Å²) in [6.07, 6.45) is 1.51. The Morgan fingerprint density at radius 3 is 2.38 bits per heavy atom. The molecule has 21 heavy (non-hydrogen) atoms. The second-order valence-electron chi connectivity index (χ2n) is 4.47. The van der Waals surface area contributed by atoms with Gasteiger partial charge in [-0.1, -0.05) is 35.9 Å². The quantitative estimate of drug-likeness (QED) is 0.784. The van der Waals surface area contributed by atoms with Crippen LogP contribution in [0.5, 0.6) is 17.4 Å². The van der Waals surface area contributed by atoms with Crippen LogP contribution in [0, 0.1) is 0 Å². The molecule has 2 N–H and O–H groups in total. The highest BCUT2D eigenvalue weighted by molar-refractivity contribution is 6.32. The molecule has 4 nitrogen and oxygen atoms in total. The summed E-state index contributed by atoms with van der Waals surface area (Å²) < 4.78 is 11.2. The predicted molar refractivity (Wildman–Crippen MR) is 84.2 cm³/mol. The number of nitrogens with zero attached hydrogens (tertiary/aromatic N) is 1. The number of benzene rings is 2. The first-order chi connectivity index (χ1) is 10.2. The van der Waals surface area contributed by atoms with Gasteiger partial charge in [-0.3, -0.25) is 0 Å². The molecule has 0 aliphatic heterocycles. The van der Waals surface area contributed by atoms with Crippen LogP contribution in [0.3, 0.4) is 0 Å². The minimum atomic E-state index is 0.321. The normalized spacial score (nSPS) is 10.6. The van der Waals surface area contributed by atoms with Gasteiger partial charge in [-0.05, 0) is 18.2 Å². The SMILES string of the molecule is COc1ccc(Oc2ncc(N)cc2Cl)c2ccccc12. The summed E-state index contributed by atoms with van der Waals surface area (Å²) in [7, 11) is 1.64. The molecule has 0 aliphatic carbocycles. The van der Waals surface area contributed by atoms with E-state index in [1.165, 1.54) is 6.20 Å². The molecule has 0 fully saturated rings. The summed E-state index contributed by atoms with van der Waals surface area (Å²) in [5, 5.41) is 2.26. The number of aromatic nitrogens is 1. The molecule has 0 atom stereocenters. The minimum Gasteiger partial charge on any atom is -0.496 e. The fourth-order valence-corrected chi connectivity index (χ4v) is 2.34. The fourth-order valence-electron chi connectivity index (χ4n) is 2.13. The molecule has 1 heterocycles. The van der Waals surface area contributed by atoms with Gasteiger partial charge < -0.3 is 15.2 Å². The Hall–Kier alpha value is -2.46. The highest BCUT2D eigenvalue weighted by Crippen LogP contribution is 2.36. The van der Waals surface area contributed by atoms with Crippen LogP contribution >= 0.6 is 11.6 Å². The first-order valence-corrected chi connectivity index (χ1v) is 6.71. The van der Waals surface area contributed by atoms with Crippen molar-refractivity contribution in [2.45, 2.75) is 0 Å². The smallest absolute Gasteiger partial charge is 0.238 e. The van der Waals surface area contributed by atoms with E-state index in [2.05, 4.69) is 4.98 Å². The second kappa shape index (κ2) is 5.50. The van der Waals surface area contributed by atoms with Crippen molar-refractivity contribution in [3.8, 4) is 17.4 Å². The van der Waals surface area contributed by atoms with Gasteiger partial charge in [0.05, 0.1) is 19.0 Å². The Morgan fingerprint density at radius 2 is 1.71 bits per heavy atom. The Kier molecular flexibility index (Phi) is 3.54. The number of halogens is 1. The van der Waals surface area contributed by atoms with Crippen LogP contribution in [-0.4, -0.2) is 12.1 Å². The van der Waals surface area contributed by atoms with Crippen molar-refractivity contribution in [2.24, 2.45) is 0 Å². The third-order valence-electron chi connectivity index (χ3n) is 3.10. The number of anilines is 1. The van der Waals surface area contributed by atoms with Gasteiger partial charge in [0.2, 0.25) is 5.88 Å². The van der Waals surface area contributed by atoms with Gasteiger partial charge in [0.1, 0.15) is 16.5 Å². The Labute approximate surface area is 127 Å². The van der Waals surface area contributed by atoms with Crippen LogP contribution in [0.1, 0.15) is 0 Å². The molecule has 0 unspecified atom stereocenters. The Bertz CT molecular complexity index is 805. The number of pyridine rings is 1. The average molecular weight is 301 g/mol. The standard InChI is InChI=1S/C16H13ClN2O2/c1-20-14-6-7-15(12-5-3-2-4-11(12)14)21-16-13(17)8-10(18)9-19-16/h2-9H,18H2,1H3. The summed E-state index contributed by atoms with van der Waals surface area (Å²) in [6.45, 7) is 0. The van der Waals surface area contributed by atoms with E-state index in [4.69, 9.17) is 26.8 Å². The zero-order valence-corrected chi connectivity index (χ0v) is 12.1. The molecule has 0 aliphatic rings. The molecule has 0 amide bonds. The van der Waals surface area contributed by atoms with Crippen LogP contribution in [0.2, 0.25) is 5.02 Å². The van der Waals surface area contributed by atoms with E-state index < -0.39 is 0 Å². The topological polar surface area (TPSA) is 57.4 Å². The van der Waals surface area contributed by atoms with Crippen molar-refractivity contribution in [1.82, 2.24) is 4.98 Å². The third-order valence-corrected chi connectivity index (χ3v) is 3.37. The van der Waals surface area contributed by atoms with Gasteiger partial charge in [-0.2, -0.15) is 0 Å². The molecular formula is C16H13ClN2O2. The van der Waals surface area contributed by atoms with Crippen molar-refractivity contribution in [3.63, 3.8) is 0 Å². The lowest BCUT2D eigenvalue weighted by Crippen LogP contribution is -1.93. The molecule has 0 bridgehead atoms. The lowest BCUT2D eigenvalue weighted by molar-refractivity contribution is 0.418. The fraction of sp³-hybridized carbons (Fsp3) is 0.0625. The molecule has 2 aromatic carbocycles. The van der Waals surface area contributed by atoms with E-state index >= 15 is 0 Å². The minimum absolute atomic E-state index is 0.321. The lowest BCUT2D eigenvalue weighted by atomic mass is 10.1. The lowest BCUT2D eigenvalue weighted by Gasteiger charge is -2.12. The van der Waals surface area contributed by atoms with Gasteiger partial charge >= 0.3 is 0 Å². The number of fused-ring (bicyclic) bond motifs is 1. The number of nitrogens with two attached hydrogens (primary N) is 1. The molecule has 1 aromatic heterocycles. The molecule has 3 aromatic rings. The molecule has 0 saturated carbocycles. The number of hydrogen-bond donors (Lipinski definition) is 1. The first-order valence-electron chi connectivity index (χ1n) is 6.33. The van der Waals surface area contributed by atoms with Crippen molar-refractivity contribution in [1.29, 1.82) is 0 Å². The number of hydrogen-bond acceptors (Lipinski definition) is 4. The van der Waals surface area contributed by atoms with E-state index in [9.17, 15) is 0 Å². The maximum Gasteiger partial charge on any atom is 0.238 e. The third kappa shape index (κ3) is 2.58. The van der Waals surface area contributed by atoms with Crippen molar-refractivity contribution in [3.05, 3.63) is 53.7 Å². The van der Waals surface area contributed by atoms with Crippen LogP contribution in [0.15, 0.2) is 48.7 Å². The second-order valence-corrected chi connectivity index (χ2v) is 4.88. The van der Waals surface area contributed by atoms with E-state index in [1.807, 2.05) is 36.4 Å². The molecule has 106 valence electrons. The zero-order valence-electron chi connectivity index (χ0n) is 11.3. The van der Waals surface area contributed by atoms with Crippen molar-refractivity contribution in [2.75, 3.05) is 12.8 Å². The highest BCUT2D eigenvalue weighted by atomic mass is 35.5. The summed E-state index contributed by atoms with van der Waals surface area (Å²) in [5.74, 6) is 1.76. The van der Waals surface area contributed by atoms with Crippen LogP contribution in [0.4, 0.5) is 5.69 Å². The maximum atomic E-state index is 6.10. The van der Waals surface area contributed by atoms with Gasteiger partial charge in [0.15, 0.2) is 0 Å². The molecular weight excluding hydrogens is 288 g/mol. The van der Waals surface area contributed by atoms with Crippen LogP contribution in [-0.2, 0) is 0 Å². The summed E-state index contributed by atoms with van der Waals surface area (Å²) in [6, 6.07) is 13.1. The van der Waals surface area contributed by atoms with Gasteiger partial charge in [-0.15, -0.1) is 0 Å². The predicted octanol–water partition coefficient (Wildman–Crippen LogP) is 4.27. The maximum absolute atomic E-state index is 6.10. The average Bonchev–Trinajstić information content (AvgIpc) is 2.50.